The van der Waals surface area contributed by atoms with E-state index in [1.807, 2.05) is 34.6 Å². The fraction of sp³-hybridized carbons (Fsp3) is 0.714. The van der Waals surface area contributed by atoms with E-state index in [-0.39, 0.29) is 17.5 Å². The number of unbranched alkanes of at least 4 members (excludes halogenated alkanes) is 2. The van der Waals surface area contributed by atoms with Gasteiger partial charge in [0.1, 0.15) is 0 Å². The van der Waals surface area contributed by atoms with E-state index in [0.29, 0.717) is 6.54 Å². The van der Waals surface area contributed by atoms with Gasteiger partial charge in [0.2, 0.25) is 0 Å². The highest BCUT2D eigenvalue weighted by Gasteiger charge is 2.23. The number of rotatable bonds is 19. The minimum Gasteiger partial charge on any atom is -0.381 e. The van der Waals surface area contributed by atoms with Crippen LogP contribution >= 0.6 is 0 Å². The third kappa shape index (κ3) is 19.3. The van der Waals surface area contributed by atoms with Gasteiger partial charge in [-0.15, -0.1) is 0 Å². The van der Waals surface area contributed by atoms with E-state index in [1.165, 1.54) is 68.4 Å². The van der Waals surface area contributed by atoms with E-state index in [2.05, 4.69) is 82.2 Å². The van der Waals surface area contributed by atoms with Crippen LogP contribution in [0, 0.1) is 19.8 Å². The number of hydrogen-bond donors (Lipinski definition) is 2. The second kappa shape index (κ2) is 29.7. The second-order valence-corrected chi connectivity index (χ2v) is 12.7. The molecule has 1 atom stereocenters. The highest BCUT2D eigenvalue weighted by Crippen LogP contribution is 2.32. The van der Waals surface area contributed by atoms with Crippen LogP contribution in [0.3, 0.4) is 0 Å². The van der Waals surface area contributed by atoms with Gasteiger partial charge in [-0.05, 0) is 121 Å². The Hall–Kier alpha value is -2.40. The maximum atomic E-state index is 12.0. The van der Waals surface area contributed by atoms with E-state index in [0.717, 1.165) is 67.6 Å². The zero-order valence-electron chi connectivity index (χ0n) is 33.4. The first kappa shape index (κ1) is 46.7. The number of allylic oxidation sites excluding steroid dienone is 4. The van der Waals surface area contributed by atoms with Crippen molar-refractivity contribution in [2.24, 2.45) is 5.92 Å². The molecule has 272 valence electrons. The molecule has 0 heterocycles. The SMILES string of the molecule is CC.CCC(C)=C(C(C)=O)C1=C(NCC(=O)C(C)CC)CCC1.CCCCCNCCC.CCCN(CCC)c1cccc(C)c1C. The molecule has 0 fully saturated rings. The summed E-state index contributed by atoms with van der Waals surface area (Å²) >= 11 is 0. The van der Waals surface area contributed by atoms with Gasteiger partial charge < -0.3 is 15.5 Å². The molecule has 5 heteroatoms. The van der Waals surface area contributed by atoms with Crippen LogP contribution < -0.4 is 15.5 Å². The van der Waals surface area contributed by atoms with Crippen LogP contribution in [0.4, 0.5) is 5.69 Å². The average molecular weight is 656 g/mol. The summed E-state index contributed by atoms with van der Waals surface area (Å²) in [6.07, 6.45) is 12.4. The Balaban J connectivity index is 0. The number of nitrogens with one attached hydrogen (secondary N) is 2. The highest BCUT2D eigenvalue weighted by atomic mass is 16.1. The lowest BCUT2D eigenvalue weighted by Gasteiger charge is -2.26. The highest BCUT2D eigenvalue weighted by molar-refractivity contribution is 5.98. The largest absolute Gasteiger partial charge is 0.381 e. The third-order valence-corrected chi connectivity index (χ3v) is 8.75. The van der Waals surface area contributed by atoms with Crippen LogP contribution in [0.25, 0.3) is 0 Å². The first-order chi connectivity index (χ1) is 22.5. The van der Waals surface area contributed by atoms with Gasteiger partial charge in [-0.1, -0.05) is 92.9 Å². The third-order valence-electron chi connectivity index (χ3n) is 8.75. The number of anilines is 1. The van der Waals surface area contributed by atoms with E-state index >= 15 is 0 Å². The molecule has 5 nitrogen and oxygen atoms in total. The number of carbonyl (C=O) groups is 2. The van der Waals surface area contributed by atoms with Crippen molar-refractivity contribution in [3.63, 3.8) is 0 Å². The smallest absolute Gasteiger partial charge is 0.160 e. The van der Waals surface area contributed by atoms with Crippen LogP contribution in [0.1, 0.15) is 158 Å². The Morgan fingerprint density at radius 1 is 0.851 bits per heavy atom. The lowest BCUT2D eigenvalue weighted by molar-refractivity contribution is -0.121. The predicted molar refractivity (Wildman–Crippen MR) is 210 cm³/mol. The molecule has 2 N–H and O–H groups in total. The van der Waals surface area contributed by atoms with Gasteiger partial charge in [0, 0.05) is 36.0 Å². The topological polar surface area (TPSA) is 61.4 Å². The quantitative estimate of drug-likeness (QED) is 0.115. The molecule has 0 saturated heterocycles. The summed E-state index contributed by atoms with van der Waals surface area (Å²) in [5, 5.41) is 6.67. The minimum absolute atomic E-state index is 0.100. The zero-order valence-corrected chi connectivity index (χ0v) is 33.4. The van der Waals surface area contributed by atoms with Crippen molar-refractivity contribution in [2.75, 3.05) is 37.6 Å². The Morgan fingerprint density at radius 2 is 1.49 bits per heavy atom. The number of aryl methyl sites for hydroxylation is 1. The van der Waals surface area contributed by atoms with Crippen LogP contribution in [-0.2, 0) is 9.59 Å². The number of nitrogens with zero attached hydrogens (tertiary/aromatic N) is 1. The summed E-state index contributed by atoms with van der Waals surface area (Å²) in [5.41, 5.74) is 8.51. The van der Waals surface area contributed by atoms with Gasteiger partial charge in [-0.25, -0.2) is 0 Å². The maximum Gasteiger partial charge on any atom is 0.160 e. The van der Waals surface area contributed by atoms with Crippen molar-refractivity contribution in [2.45, 2.75) is 161 Å². The van der Waals surface area contributed by atoms with Crippen LogP contribution in [0.5, 0.6) is 0 Å². The fourth-order valence-electron chi connectivity index (χ4n) is 5.53. The number of benzene rings is 1. The summed E-state index contributed by atoms with van der Waals surface area (Å²) in [7, 11) is 0. The summed E-state index contributed by atoms with van der Waals surface area (Å²) in [6, 6.07) is 6.60. The van der Waals surface area contributed by atoms with E-state index in [4.69, 9.17) is 0 Å². The molecule has 1 unspecified atom stereocenters. The minimum atomic E-state index is 0.100. The number of hydrogen-bond acceptors (Lipinski definition) is 5. The molecule has 0 radical (unpaired) electrons. The molecular weight excluding hydrogens is 578 g/mol. The van der Waals surface area contributed by atoms with Crippen molar-refractivity contribution in [3.8, 4) is 0 Å². The molecule has 0 spiro atoms. The molecule has 47 heavy (non-hydrogen) atoms. The Bertz CT molecular complexity index is 1030. The molecule has 1 aromatic carbocycles. The van der Waals surface area contributed by atoms with Crippen molar-refractivity contribution in [3.05, 3.63) is 51.7 Å². The van der Waals surface area contributed by atoms with Crippen LogP contribution in [0.15, 0.2) is 40.6 Å². The molecule has 1 aliphatic carbocycles. The van der Waals surface area contributed by atoms with Crippen LogP contribution in [-0.4, -0.2) is 44.3 Å². The Kier molecular flexibility index (Phi) is 29.5. The molecular formula is C42H77N3O2. The molecule has 0 amide bonds. The summed E-state index contributed by atoms with van der Waals surface area (Å²) in [5.74, 6) is 0.485. The maximum absolute atomic E-state index is 12.0. The number of ketones is 2. The standard InChI is InChI=1S/C18H29NO2.C14H23N.C8H19N.C2H6/c1-6-12(3)17(21)11-19-16-10-8-9-15(16)18(14(5)20)13(4)7-2;1-5-10-15(11-6-2)14-9-7-8-12(3)13(14)4;1-3-5-6-8-9-7-4-2;1-2/h12,19H,6-11H2,1-5H3;7-9H,5-6,10-11H2,1-4H3;9H,3-8H2,1-2H3;1-2H3. The van der Waals surface area contributed by atoms with Crippen molar-refractivity contribution < 1.29 is 9.59 Å². The Labute approximate surface area is 292 Å². The van der Waals surface area contributed by atoms with E-state index in [9.17, 15) is 9.59 Å². The Morgan fingerprint density at radius 3 is 2.00 bits per heavy atom. The van der Waals surface area contributed by atoms with Crippen molar-refractivity contribution in [1.82, 2.24) is 10.6 Å². The molecule has 0 bridgehead atoms. The number of carbonyl (C=O) groups excluding carboxylic acids is 2. The fourth-order valence-corrected chi connectivity index (χ4v) is 5.53. The molecule has 1 aliphatic rings. The summed E-state index contributed by atoms with van der Waals surface area (Å²) < 4.78 is 0. The van der Waals surface area contributed by atoms with E-state index < -0.39 is 0 Å². The van der Waals surface area contributed by atoms with Gasteiger partial charge in [0.15, 0.2) is 11.6 Å². The van der Waals surface area contributed by atoms with Crippen molar-refractivity contribution in [1.29, 1.82) is 0 Å². The van der Waals surface area contributed by atoms with Crippen molar-refractivity contribution >= 4 is 17.3 Å². The first-order valence-corrected chi connectivity index (χ1v) is 19.3. The number of Topliss-reactive ketones (excluding diaryl/α,β-unsaturated/α-hetero) is 2. The monoisotopic (exact) mass is 656 g/mol. The zero-order chi connectivity index (χ0) is 36.2. The average Bonchev–Trinajstić information content (AvgIpc) is 3.53. The molecule has 1 aromatic rings. The predicted octanol–water partition coefficient (Wildman–Crippen LogP) is 11.1. The second-order valence-electron chi connectivity index (χ2n) is 12.7. The van der Waals surface area contributed by atoms with Gasteiger partial charge >= 0.3 is 0 Å². The van der Waals surface area contributed by atoms with E-state index in [1.54, 1.807) is 6.92 Å². The van der Waals surface area contributed by atoms with Gasteiger partial charge in [0.25, 0.3) is 0 Å². The van der Waals surface area contributed by atoms with Crippen LogP contribution in [0.2, 0.25) is 0 Å². The molecule has 0 saturated carbocycles. The first-order valence-electron chi connectivity index (χ1n) is 19.3. The molecule has 2 rings (SSSR count). The van der Waals surface area contributed by atoms with Gasteiger partial charge in [-0.2, -0.15) is 0 Å². The molecule has 0 aliphatic heterocycles. The molecule has 0 aromatic heterocycles. The summed E-state index contributed by atoms with van der Waals surface area (Å²) in [6.45, 7) is 32.2. The van der Waals surface area contributed by atoms with Gasteiger partial charge in [0.05, 0.1) is 6.54 Å². The van der Waals surface area contributed by atoms with Gasteiger partial charge in [-0.3, -0.25) is 9.59 Å². The summed E-state index contributed by atoms with van der Waals surface area (Å²) in [4.78, 5) is 26.5. The lowest BCUT2D eigenvalue weighted by atomic mass is 9.94. The lowest BCUT2D eigenvalue weighted by Crippen LogP contribution is -2.27. The normalized spacial score (nSPS) is 13.2.